The standard InChI is InChI=1S/C12H24N2O2S/c1-2-3-4-10(13)9-17(15,16)14-11-5-6-12(14)8-7-11/h10-12H,2-9,13H2,1H3. The molecule has 0 aromatic rings. The van der Waals surface area contributed by atoms with E-state index in [1.807, 2.05) is 0 Å². The van der Waals surface area contributed by atoms with Crippen molar-refractivity contribution in [3.05, 3.63) is 0 Å². The second-order valence-electron chi connectivity index (χ2n) is 5.47. The van der Waals surface area contributed by atoms with E-state index in [1.165, 1.54) is 0 Å². The molecule has 4 nitrogen and oxygen atoms in total. The van der Waals surface area contributed by atoms with Crippen molar-refractivity contribution in [2.24, 2.45) is 5.73 Å². The summed E-state index contributed by atoms with van der Waals surface area (Å²) in [6.45, 7) is 2.10. The Morgan fingerprint density at radius 1 is 1.24 bits per heavy atom. The van der Waals surface area contributed by atoms with Crippen LogP contribution in [0.15, 0.2) is 0 Å². The predicted molar refractivity (Wildman–Crippen MR) is 69.2 cm³/mol. The minimum atomic E-state index is -3.12. The Kier molecular flexibility index (Phi) is 4.10. The van der Waals surface area contributed by atoms with E-state index in [1.54, 1.807) is 4.31 Å². The second kappa shape index (κ2) is 5.24. The predicted octanol–water partition coefficient (Wildman–Crippen LogP) is 1.46. The lowest BCUT2D eigenvalue weighted by Gasteiger charge is -2.23. The van der Waals surface area contributed by atoms with E-state index in [2.05, 4.69) is 6.92 Å². The first-order valence-electron chi connectivity index (χ1n) is 6.81. The molecule has 1 atom stereocenters. The molecule has 0 aliphatic carbocycles. The van der Waals surface area contributed by atoms with Crippen LogP contribution in [0, 0.1) is 0 Å². The normalized spacial score (nSPS) is 30.9. The van der Waals surface area contributed by atoms with Crippen LogP contribution in [0.5, 0.6) is 0 Å². The van der Waals surface area contributed by atoms with Crippen LogP contribution in [0.3, 0.4) is 0 Å². The van der Waals surface area contributed by atoms with Crippen molar-refractivity contribution < 1.29 is 8.42 Å². The quantitative estimate of drug-likeness (QED) is 0.786. The first-order valence-corrected chi connectivity index (χ1v) is 8.42. The van der Waals surface area contributed by atoms with Crippen molar-refractivity contribution in [3.8, 4) is 0 Å². The fraction of sp³-hybridized carbons (Fsp3) is 1.00. The molecule has 2 rings (SSSR count). The van der Waals surface area contributed by atoms with Gasteiger partial charge in [0, 0.05) is 18.1 Å². The summed E-state index contributed by atoms with van der Waals surface area (Å²) in [5.41, 5.74) is 5.92. The van der Waals surface area contributed by atoms with Gasteiger partial charge in [0.2, 0.25) is 10.0 Å². The van der Waals surface area contributed by atoms with Crippen LogP contribution in [-0.4, -0.2) is 36.6 Å². The Morgan fingerprint density at radius 3 is 2.24 bits per heavy atom. The molecule has 17 heavy (non-hydrogen) atoms. The molecule has 2 N–H and O–H groups in total. The van der Waals surface area contributed by atoms with Crippen LogP contribution < -0.4 is 5.73 Å². The van der Waals surface area contributed by atoms with E-state index >= 15 is 0 Å². The molecule has 0 aromatic carbocycles. The van der Waals surface area contributed by atoms with E-state index in [0.717, 1.165) is 44.9 Å². The zero-order chi connectivity index (χ0) is 12.5. The summed E-state index contributed by atoms with van der Waals surface area (Å²) in [6, 6.07) is 0.367. The molecule has 0 amide bonds. The summed E-state index contributed by atoms with van der Waals surface area (Å²) in [7, 11) is -3.12. The topological polar surface area (TPSA) is 63.4 Å². The molecular weight excluding hydrogens is 236 g/mol. The smallest absolute Gasteiger partial charge is 0.216 e. The average Bonchev–Trinajstić information content (AvgIpc) is 2.85. The highest BCUT2D eigenvalue weighted by Crippen LogP contribution is 2.39. The van der Waals surface area contributed by atoms with E-state index in [-0.39, 0.29) is 23.9 Å². The number of nitrogens with zero attached hydrogens (tertiary/aromatic N) is 1. The van der Waals surface area contributed by atoms with Crippen LogP contribution in [0.4, 0.5) is 0 Å². The molecule has 0 spiro atoms. The van der Waals surface area contributed by atoms with E-state index in [9.17, 15) is 8.42 Å². The lowest BCUT2D eigenvalue weighted by molar-refractivity contribution is 0.392. The highest BCUT2D eigenvalue weighted by atomic mass is 32.2. The minimum Gasteiger partial charge on any atom is -0.327 e. The summed E-state index contributed by atoms with van der Waals surface area (Å²) in [5, 5.41) is 0. The number of nitrogens with two attached hydrogens (primary N) is 1. The molecule has 2 bridgehead atoms. The zero-order valence-electron chi connectivity index (χ0n) is 10.6. The number of fused-ring (bicyclic) bond motifs is 2. The van der Waals surface area contributed by atoms with Crippen LogP contribution >= 0.6 is 0 Å². The monoisotopic (exact) mass is 260 g/mol. The maximum atomic E-state index is 12.3. The first-order chi connectivity index (χ1) is 8.04. The van der Waals surface area contributed by atoms with Gasteiger partial charge in [-0.05, 0) is 32.1 Å². The summed E-state index contributed by atoms with van der Waals surface area (Å²) in [5.74, 6) is 0.139. The first kappa shape index (κ1) is 13.3. The third-order valence-electron chi connectivity index (χ3n) is 4.06. The van der Waals surface area contributed by atoms with E-state index < -0.39 is 10.0 Å². The third-order valence-corrected chi connectivity index (χ3v) is 6.15. The number of hydrogen-bond donors (Lipinski definition) is 1. The number of unbranched alkanes of at least 4 members (excludes halogenated alkanes) is 1. The maximum Gasteiger partial charge on any atom is 0.216 e. The SMILES string of the molecule is CCCCC(N)CS(=O)(=O)N1C2CCC1CC2. The van der Waals surface area contributed by atoms with E-state index in [0.29, 0.717) is 0 Å². The van der Waals surface area contributed by atoms with Crippen LogP contribution in [0.2, 0.25) is 0 Å². The Morgan fingerprint density at radius 2 is 1.76 bits per heavy atom. The molecule has 2 fully saturated rings. The molecule has 5 heteroatoms. The summed E-state index contributed by atoms with van der Waals surface area (Å²) in [6.07, 6.45) is 7.11. The molecule has 100 valence electrons. The molecule has 1 unspecified atom stereocenters. The van der Waals surface area contributed by atoms with Gasteiger partial charge in [0.1, 0.15) is 0 Å². The molecule has 0 saturated carbocycles. The second-order valence-corrected chi connectivity index (χ2v) is 7.39. The van der Waals surface area contributed by atoms with Crippen molar-refractivity contribution >= 4 is 10.0 Å². The highest BCUT2D eigenvalue weighted by molar-refractivity contribution is 7.89. The number of rotatable bonds is 6. The molecule has 2 aliphatic heterocycles. The van der Waals surface area contributed by atoms with Crippen LogP contribution in [-0.2, 0) is 10.0 Å². The van der Waals surface area contributed by atoms with Crippen LogP contribution in [0.1, 0.15) is 51.9 Å². The third kappa shape index (κ3) is 2.83. The van der Waals surface area contributed by atoms with Gasteiger partial charge in [0.05, 0.1) is 5.75 Å². The molecule has 2 aliphatic rings. The minimum absolute atomic E-state index is 0.139. The Hall–Kier alpha value is -0.130. The maximum absolute atomic E-state index is 12.3. The van der Waals surface area contributed by atoms with Gasteiger partial charge < -0.3 is 5.73 Å². The van der Waals surface area contributed by atoms with Crippen molar-refractivity contribution in [2.45, 2.75) is 70.0 Å². The highest BCUT2D eigenvalue weighted by Gasteiger charge is 2.46. The van der Waals surface area contributed by atoms with Gasteiger partial charge in [-0.2, -0.15) is 4.31 Å². The van der Waals surface area contributed by atoms with Gasteiger partial charge in [-0.3, -0.25) is 0 Å². The summed E-state index contributed by atoms with van der Waals surface area (Å²) in [4.78, 5) is 0. The van der Waals surface area contributed by atoms with Gasteiger partial charge in [-0.25, -0.2) is 8.42 Å². The lowest BCUT2D eigenvalue weighted by atomic mass is 10.0. The van der Waals surface area contributed by atoms with Crippen molar-refractivity contribution in [1.82, 2.24) is 4.31 Å². The van der Waals surface area contributed by atoms with E-state index in [4.69, 9.17) is 5.73 Å². The summed E-state index contributed by atoms with van der Waals surface area (Å²) < 4.78 is 26.4. The Labute approximate surface area is 105 Å². The molecular formula is C12H24N2O2S. The molecule has 2 saturated heterocycles. The van der Waals surface area contributed by atoms with Gasteiger partial charge in [0.15, 0.2) is 0 Å². The number of sulfonamides is 1. The Balaban J connectivity index is 1.95. The van der Waals surface area contributed by atoms with Gasteiger partial charge in [-0.1, -0.05) is 19.8 Å². The van der Waals surface area contributed by atoms with Gasteiger partial charge in [0.25, 0.3) is 0 Å². The molecule has 2 heterocycles. The lowest BCUT2D eigenvalue weighted by Crippen LogP contribution is -2.42. The average molecular weight is 260 g/mol. The Bertz CT molecular complexity index is 336. The fourth-order valence-corrected chi connectivity index (χ4v) is 5.44. The van der Waals surface area contributed by atoms with Gasteiger partial charge >= 0.3 is 0 Å². The van der Waals surface area contributed by atoms with Gasteiger partial charge in [-0.15, -0.1) is 0 Å². The largest absolute Gasteiger partial charge is 0.327 e. The van der Waals surface area contributed by atoms with Crippen molar-refractivity contribution in [2.75, 3.05) is 5.75 Å². The fourth-order valence-electron chi connectivity index (χ4n) is 3.23. The summed E-state index contributed by atoms with van der Waals surface area (Å²) >= 11 is 0. The van der Waals surface area contributed by atoms with Crippen molar-refractivity contribution in [3.63, 3.8) is 0 Å². The molecule has 0 aromatic heterocycles. The van der Waals surface area contributed by atoms with Crippen LogP contribution in [0.25, 0.3) is 0 Å². The van der Waals surface area contributed by atoms with Crippen molar-refractivity contribution in [1.29, 1.82) is 0 Å². The molecule has 0 radical (unpaired) electrons. The zero-order valence-corrected chi connectivity index (χ0v) is 11.5. The number of hydrogen-bond acceptors (Lipinski definition) is 3.